The van der Waals surface area contributed by atoms with Crippen molar-refractivity contribution in [1.29, 1.82) is 0 Å². The lowest BCUT2D eigenvalue weighted by Gasteiger charge is -2.39. The number of carbonyl (C=O) groups is 1. The summed E-state index contributed by atoms with van der Waals surface area (Å²) in [5.41, 5.74) is -0.672. The second-order valence-electron chi connectivity index (χ2n) is 4.60. The molecule has 0 aromatic rings. The van der Waals surface area contributed by atoms with Gasteiger partial charge in [0, 0.05) is 9.84 Å². The number of carboxylic acids is 1. The molecule has 7 heteroatoms. The Morgan fingerprint density at radius 1 is 1.44 bits per heavy atom. The zero-order valence-electron chi connectivity index (χ0n) is 9.28. The van der Waals surface area contributed by atoms with Gasteiger partial charge in [0.05, 0.1) is 11.7 Å². The van der Waals surface area contributed by atoms with Crippen LogP contribution < -0.4 is 0 Å². The van der Waals surface area contributed by atoms with Crippen LogP contribution >= 0.6 is 22.6 Å². The van der Waals surface area contributed by atoms with Gasteiger partial charge >= 0.3 is 12.1 Å². The van der Waals surface area contributed by atoms with E-state index in [9.17, 15) is 18.0 Å². The zero-order chi connectivity index (χ0) is 13.5. The molecule has 0 bridgehead atoms. The van der Waals surface area contributed by atoms with Crippen molar-refractivity contribution in [2.24, 2.45) is 5.92 Å². The first kappa shape index (κ1) is 14.1. The minimum Gasteiger partial charge on any atom is -0.478 e. The Kier molecular flexibility index (Phi) is 3.91. The normalized spacial score (nSPS) is 36.8. The van der Waals surface area contributed by atoms with E-state index in [1.54, 1.807) is 0 Å². The average Bonchev–Trinajstić information content (AvgIpc) is 2.25. The van der Waals surface area contributed by atoms with E-state index < -0.39 is 29.9 Å². The Morgan fingerprint density at radius 3 is 2.67 bits per heavy atom. The lowest BCUT2D eigenvalue weighted by atomic mass is 9.82. The molecule has 0 amide bonds. The molecule has 0 spiro atoms. The predicted molar refractivity (Wildman–Crippen MR) is 65.6 cm³/mol. The quantitative estimate of drug-likeness (QED) is 0.566. The van der Waals surface area contributed by atoms with Gasteiger partial charge in [0.15, 0.2) is 6.10 Å². The van der Waals surface area contributed by atoms with E-state index in [2.05, 4.69) is 22.6 Å². The highest BCUT2D eigenvalue weighted by Crippen LogP contribution is 2.41. The maximum Gasteiger partial charge on any atom is 0.419 e. The van der Waals surface area contributed by atoms with E-state index in [0.717, 1.165) is 6.42 Å². The Balaban J connectivity index is 2.29. The number of halogens is 4. The highest BCUT2D eigenvalue weighted by molar-refractivity contribution is 14.1. The fourth-order valence-corrected chi connectivity index (χ4v) is 3.42. The molecule has 2 aliphatic rings. The van der Waals surface area contributed by atoms with E-state index in [1.165, 1.54) is 6.08 Å². The highest BCUT2D eigenvalue weighted by atomic mass is 127. The fourth-order valence-electron chi connectivity index (χ4n) is 2.47. The standard InChI is InChI=1S/C11H12F3IO3/c12-11(13,14)9-7(10(16)17)4-5-3-6(15)1-2-8(5)18-9/h4-6,8-9H,1-3H2,(H,16,17). The van der Waals surface area contributed by atoms with E-state index >= 15 is 0 Å². The van der Waals surface area contributed by atoms with Gasteiger partial charge in [0.25, 0.3) is 0 Å². The summed E-state index contributed by atoms with van der Waals surface area (Å²) in [6.45, 7) is 0. The summed E-state index contributed by atoms with van der Waals surface area (Å²) < 4.78 is 43.6. The first-order chi connectivity index (χ1) is 8.29. The van der Waals surface area contributed by atoms with Crippen molar-refractivity contribution < 1.29 is 27.8 Å². The molecule has 3 nitrogen and oxygen atoms in total. The number of hydrogen-bond donors (Lipinski definition) is 1. The van der Waals surface area contributed by atoms with Crippen LogP contribution in [0.25, 0.3) is 0 Å². The lowest BCUT2D eigenvalue weighted by Crippen LogP contribution is -2.46. The van der Waals surface area contributed by atoms with Gasteiger partial charge in [-0.25, -0.2) is 4.79 Å². The number of fused-ring (bicyclic) bond motifs is 1. The number of aliphatic carboxylic acids is 1. The third kappa shape index (κ3) is 2.81. The molecule has 1 aliphatic carbocycles. The summed E-state index contributed by atoms with van der Waals surface area (Å²) in [6.07, 6.45) is -4.19. The molecule has 1 aliphatic heterocycles. The molecule has 1 N–H and O–H groups in total. The molecular formula is C11H12F3IO3. The average molecular weight is 376 g/mol. The third-order valence-electron chi connectivity index (χ3n) is 3.30. The molecule has 1 fully saturated rings. The van der Waals surface area contributed by atoms with Crippen molar-refractivity contribution in [2.75, 3.05) is 0 Å². The molecule has 0 aromatic heterocycles. The lowest BCUT2D eigenvalue weighted by molar-refractivity contribution is -0.231. The van der Waals surface area contributed by atoms with Crippen LogP contribution in [0.15, 0.2) is 11.6 Å². The summed E-state index contributed by atoms with van der Waals surface area (Å²) in [4.78, 5) is 10.9. The summed E-state index contributed by atoms with van der Waals surface area (Å²) in [5, 5.41) is 8.88. The van der Waals surface area contributed by atoms with Crippen LogP contribution in [0, 0.1) is 5.92 Å². The van der Waals surface area contributed by atoms with E-state index in [4.69, 9.17) is 9.84 Å². The Bertz CT molecular complexity index is 380. The Hall–Kier alpha value is -0.310. The minimum absolute atomic E-state index is 0.217. The summed E-state index contributed by atoms with van der Waals surface area (Å²) in [5.74, 6) is -1.77. The molecule has 1 heterocycles. The van der Waals surface area contributed by atoms with Gasteiger partial charge in [-0.05, 0) is 19.3 Å². The van der Waals surface area contributed by atoms with E-state index in [1.807, 2.05) is 0 Å². The smallest absolute Gasteiger partial charge is 0.419 e. The number of carboxylic acid groups (broad SMARTS) is 1. The number of ether oxygens (including phenoxy) is 1. The predicted octanol–water partition coefficient (Wildman–Crippen LogP) is 2.93. The fraction of sp³-hybridized carbons (Fsp3) is 0.727. The van der Waals surface area contributed by atoms with Crippen LogP contribution in [-0.4, -0.2) is 33.4 Å². The first-order valence-corrected chi connectivity index (χ1v) is 6.85. The number of alkyl halides is 4. The maximum atomic E-state index is 12.8. The molecular weight excluding hydrogens is 364 g/mol. The maximum absolute atomic E-state index is 12.8. The number of hydrogen-bond acceptors (Lipinski definition) is 2. The van der Waals surface area contributed by atoms with Gasteiger partial charge in [0.2, 0.25) is 0 Å². The monoisotopic (exact) mass is 376 g/mol. The molecule has 4 atom stereocenters. The molecule has 0 saturated heterocycles. The molecule has 18 heavy (non-hydrogen) atoms. The topological polar surface area (TPSA) is 46.5 Å². The Labute approximate surface area is 116 Å². The van der Waals surface area contributed by atoms with Gasteiger partial charge in [-0.1, -0.05) is 28.7 Å². The molecule has 102 valence electrons. The van der Waals surface area contributed by atoms with Crippen molar-refractivity contribution in [3.63, 3.8) is 0 Å². The second-order valence-corrected chi connectivity index (χ2v) is 6.36. The van der Waals surface area contributed by atoms with Gasteiger partial charge < -0.3 is 9.84 Å². The Morgan fingerprint density at radius 2 is 2.11 bits per heavy atom. The largest absolute Gasteiger partial charge is 0.478 e. The second kappa shape index (κ2) is 4.99. The molecule has 4 unspecified atom stereocenters. The van der Waals surface area contributed by atoms with Gasteiger partial charge in [-0.3, -0.25) is 0 Å². The van der Waals surface area contributed by atoms with Crippen molar-refractivity contribution in [2.45, 2.75) is 41.6 Å². The van der Waals surface area contributed by atoms with Gasteiger partial charge in [-0.15, -0.1) is 0 Å². The van der Waals surface area contributed by atoms with Crippen LogP contribution in [0.5, 0.6) is 0 Å². The molecule has 1 saturated carbocycles. The van der Waals surface area contributed by atoms with Crippen LogP contribution in [0.3, 0.4) is 0 Å². The van der Waals surface area contributed by atoms with Crippen molar-refractivity contribution in [3.8, 4) is 0 Å². The van der Waals surface area contributed by atoms with Crippen LogP contribution in [-0.2, 0) is 9.53 Å². The van der Waals surface area contributed by atoms with Crippen molar-refractivity contribution >= 4 is 28.6 Å². The van der Waals surface area contributed by atoms with Crippen LogP contribution in [0.2, 0.25) is 0 Å². The summed E-state index contributed by atoms with van der Waals surface area (Å²) in [6, 6.07) is 0. The van der Waals surface area contributed by atoms with Crippen LogP contribution in [0.1, 0.15) is 19.3 Å². The molecule has 2 rings (SSSR count). The number of rotatable bonds is 1. The third-order valence-corrected chi connectivity index (χ3v) is 4.43. The van der Waals surface area contributed by atoms with E-state index in [0.29, 0.717) is 16.8 Å². The summed E-state index contributed by atoms with van der Waals surface area (Å²) in [7, 11) is 0. The SMILES string of the molecule is O=C(O)C1=CC2CC(I)CCC2OC1C(F)(F)F. The van der Waals surface area contributed by atoms with Gasteiger partial charge in [0.1, 0.15) is 0 Å². The van der Waals surface area contributed by atoms with E-state index in [-0.39, 0.29) is 5.92 Å². The van der Waals surface area contributed by atoms with Gasteiger partial charge in [-0.2, -0.15) is 13.2 Å². The van der Waals surface area contributed by atoms with Crippen molar-refractivity contribution in [1.82, 2.24) is 0 Å². The zero-order valence-corrected chi connectivity index (χ0v) is 11.4. The first-order valence-electron chi connectivity index (χ1n) is 5.60. The van der Waals surface area contributed by atoms with Crippen LogP contribution in [0.4, 0.5) is 13.2 Å². The van der Waals surface area contributed by atoms with Crippen molar-refractivity contribution in [3.05, 3.63) is 11.6 Å². The molecule has 0 aromatic carbocycles. The highest BCUT2D eigenvalue weighted by Gasteiger charge is 2.50. The summed E-state index contributed by atoms with van der Waals surface area (Å²) >= 11 is 2.24. The molecule has 0 radical (unpaired) electrons. The minimum atomic E-state index is -4.67.